The van der Waals surface area contributed by atoms with Crippen molar-refractivity contribution in [1.82, 2.24) is 14.4 Å². The van der Waals surface area contributed by atoms with Gasteiger partial charge in [0.2, 0.25) is 0 Å². The van der Waals surface area contributed by atoms with Crippen molar-refractivity contribution in [2.45, 2.75) is 45.2 Å². The molecule has 0 bridgehead atoms. The van der Waals surface area contributed by atoms with Crippen LogP contribution in [0.1, 0.15) is 43.0 Å². The molecule has 1 amide bonds. The van der Waals surface area contributed by atoms with Crippen molar-refractivity contribution >= 4 is 16.7 Å². The van der Waals surface area contributed by atoms with Gasteiger partial charge in [0.05, 0.1) is 25.2 Å². The largest absolute Gasteiger partial charge is 0.493 e. The molecule has 30 heavy (non-hydrogen) atoms. The van der Waals surface area contributed by atoms with Crippen LogP contribution in [0, 0.1) is 0 Å². The molecule has 2 aliphatic rings. The molecular formula is C23H31N3O4. The lowest BCUT2D eigenvalue weighted by atomic mass is 10.0. The van der Waals surface area contributed by atoms with Crippen molar-refractivity contribution in [3.05, 3.63) is 34.2 Å². The van der Waals surface area contributed by atoms with Gasteiger partial charge in [-0.3, -0.25) is 9.59 Å². The van der Waals surface area contributed by atoms with E-state index in [1.807, 2.05) is 11.8 Å². The van der Waals surface area contributed by atoms with Crippen LogP contribution in [0.3, 0.4) is 0 Å². The molecule has 7 nitrogen and oxygen atoms in total. The van der Waals surface area contributed by atoms with Crippen molar-refractivity contribution in [2.75, 3.05) is 40.4 Å². The van der Waals surface area contributed by atoms with Crippen molar-refractivity contribution < 1.29 is 14.3 Å². The third-order valence-corrected chi connectivity index (χ3v) is 6.47. The topological polar surface area (TPSA) is 64.0 Å². The lowest BCUT2D eigenvalue weighted by molar-refractivity contribution is 0.0710. The Morgan fingerprint density at radius 2 is 1.70 bits per heavy atom. The van der Waals surface area contributed by atoms with E-state index in [9.17, 15) is 9.59 Å². The van der Waals surface area contributed by atoms with E-state index in [4.69, 9.17) is 9.47 Å². The minimum atomic E-state index is -0.125. The highest BCUT2D eigenvalue weighted by Crippen LogP contribution is 2.33. The first-order chi connectivity index (χ1) is 14.6. The average Bonchev–Trinajstić information content (AvgIpc) is 3.45. The van der Waals surface area contributed by atoms with Crippen LogP contribution in [0.2, 0.25) is 0 Å². The van der Waals surface area contributed by atoms with Gasteiger partial charge in [0.15, 0.2) is 11.5 Å². The summed E-state index contributed by atoms with van der Waals surface area (Å²) in [6.45, 7) is 6.36. The van der Waals surface area contributed by atoms with Gasteiger partial charge in [0, 0.05) is 37.3 Å². The second-order valence-corrected chi connectivity index (χ2v) is 8.19. The van der Waals surface area contributed by atoms with Gasteiger partial charge in [0.25, 0.3) is 11.5 Å². The number of amides is 1. The van der Waals surface area contributed by atoms with Gasteiger partial charge in [-0.2, -0.15) is 0 Å². The van der Waals surface area contributed by atoms with Crippen LogP contribution >= 0.6 is 0 Å². The normalized spacial score (nSPS) is 19.6. The molecule has 1 atom stereocenters. The van der Waals surface area contributed by atoms with Crippen LogP contribution in [0.15, 0.2) is 23.1 Å². The van der Waals surface area contributed by atoms with Gasteiger partial charge >= 0.3 is 0 Å². The predicted octanol–water partition coefficient (Wildman–Crippen LogP) is 2.74. The average molecular weight is 414 g/mol. The molecule has 0 saturated carbocycles. The minimum Gasteiger partial charge on any atom is -0.493 e. The summed E-state index contributed by atoms with van der Waals surface area (Å²) in [5, 5.41) is 1.11. The highest BCUT2D eigenvalue weighted by atomic mass is 16.5. The molecule has 2 saturated heterocycles. The Morgan fingerprint density at radius 1 is 1.03 bits per heavy atom. The number of likely N-dealkylation sites (tertiary alicyclic amines) is 2. The summed E-state index contributed by atoms with van der Waals surface area (Å²) in [5.41, 5.74) is 0.431. The number of pyridine rings is 1. The highest BCUT2D eigenvalue weighted by molar-refractivity contribution is 6.07. The fourth-order valence-corrected chi connectivity index (χ4v) is 4.83. The molecule has 2 aromatic rings. The Balaban J connectivity index is 1.77. The van der Waals surface area contributed by atoms with Gasteiger partial charge < -0.3 is 23.8 Å². The van der Waals surface area contributed by atoms with Crippen LogP contribution < -0.4 is 15.0 Å². The standard InChI is InChI=1S/C23H31N3O4/c1-4-25-15-19(17-12-20(29-2)21(30-3)13-18(17)22(25)27)23(28)26-11-7-8-16(26)14-24-9-5-6-10-24/h12-13,15-16H,4-11,14H2,1-3H3/t16-/m0/s1. The molecule has 0 N–H and O–H groups in total. The smallest absolute Gasteiger partial charge is 0.258 e. The molecule has 1 aromatic heterocycles. The van der Waals surface area contributed by atoms with E-state index >= 15 is 0 Å². The minimum absolute atomic E-state index is 0.00360. The molecule has 0 unspecified atom stereocenters. The number of hydrogen-bond donors (Lipinski definition) is 0. The molecular weight excluding hydrogens is 382 g/mol. The number of benzene rings is 1. The lowest BCUT2D eigenvalue weighted by Crippen LogP contribution is -2.43. The zero-order valence-corrected chi connectivity index (χ0v) is 18.1. The van der Waals surface area contributed by atoms with Crippen LogP contribution in [0.25, 0.3) is 10.8 Å². The van der Waals surface area contributed by atoms with Crippen LogP contribution in [0.4, 0.5) is 0 Å². The Labute approximate surface area is 177 Å². The number of carbonyl (C=O) groups is 1. The quantitative estimate of drug-likeness (QED) is 0.729. The van der Waals surface area contributed by atoms with E-state index in [-0.39, 0.29) is 17.5 Å². The van der Waals surface area contributed by atoms with Gasteiger partial charge in [-0.05, 0) is 57.8 Å². The molecule has 0 aliphatic carbocycles. The summed E-state index contributed by atoms with van der Waals surface area (Å²) < 4.78 is 12.4. The van der Waals surface area contributed by atoms with Gasteiger partial charge in [-0.1, -0.05) is 0 Å². The zero-order chi connectivity index (χ0) is 21.3. The van der Waals surface area contributed by atoms with E-state index in [2.05, 4.69) is 4.90 Å². The predicted molar refractivity (Wildman–Crippen MR) is 117 cm³/mol. The number of fused-ring (bicyclic) bond motifs is 1. The second kappa shape index (κ2) is 8.68. The first-order valence-electron chi connectivity index (χ1n) is 10.9. The van der Waals surface area contributed by atoms with Crippen molar-refractivity contribution in [2.24, 2.45) is 0 Å². The summed E-state index contributed by atoms with van der Waals surface area (Å²) in [6.07, 6.45) is 6.25. The molecule has 162 valence electrons. The van der Waals surface area contributed by atoms with E-state index in [1.54, 1.807) is 37.1 Å². The second-order valence-electron chi connectivity index (χ2n) is 8.19. The van der Waals surface area contributed by atoms with Crippen molar-refractivity contribution in [3.8, 4) is 11.5 Å². The number of carbonyl (C=O) groups excluding carboxylic acids is 1. The summed E-state index contributed by atoms with van der Waals surface area (Å²) in [5.74, 6) is 1.00. The van der Waals surface area contributed by atoms with Crippen molar-refractivity contribution in [1.29, 1.82) is 0 Å². The van der Waals surface area contributed by atoms with E-state index in [1.165, 1.54) is 12.8 Å². The Hall–Kier alpha value is -2.54. The molecule has 4 rings (SSSR count). The molecule has 2 fully saturated rings. The number of aromatic nitrogens is 1. The third-order valence-electron chi connectivity index (χ3n) is 6.47. The first-order valence-corrected chi connectivity index (χ1v) is 10.9. The Morgan fingerprint density at radius 3 is 2.33 bits per heavy atom. The van der Waals surface area contributed by atoms with E-state index < -0.39 is 0 Å². The SMILES string of the molecule is CCn1cc(C(=O)N2CCC[C@H]2CN2CCCC2)c2cc(OC)c(OC)cc2c1=O. The number of nitrogens with zero attached hydrogens (tertiary/aromatic N) is 3. The molecule has 2 aliphatic heterocycles. The maximum Gasteiger partial charge on any atom is 0.258 e. The number of ether oxygens (including phenoxy) is 2. The maximum absolute atomic E-state index is 13.7. The summed E-state index contributed by atoms with van der Waals surface area (Å²) in [7, 11) is 3.11. The van der Waals surface area contributed by atoms with E-state index in [0.717, 1.165) is 39.0 Å². The molecule has 7 heteroatoms. The number of hydrogen-bond acceptors (Lipinski definition) is 5. The van der Waals surface area contributed by atoms with Gasteiger partial charge in [0.1, 0.15) is 0 Å². The zero-order valence-electron chi connectivity index (χ0n) is 18.1. The Bertz CT molecular complexity index is 994. The highest BCUT2D eigenvalue weighted by Gasteiger charge is 2.32. The number of rotatable bonds is 6. The molecule has 0 radical (unpaired) electrons. The summed E-state index contributed by atoms with van der Waals surface area (Å²) in [4.78, 5) is 31.1. The lowest BCUT2D eigenvalue weighted by Gasteiger charge is -2.29. The molecule has 0 spiro atoms. The van der Waals surface area contributed by atoms with Crippen LogP contribution in [-0.4, -0.2) is 66.7 Å². The summed E-state index contributed by atoms with van der Waals surface area (Å²) in [6, 6.07) is 3.67. The van der Waals surface area contributed by atoms with Crippen LogP contribution in [0.5, 0.6) is 11.5 Å². The maximum atomic E-state index is 13.7. The summed E-state index contributed by atoms with van der Waals surface area (Å²) >= 11 is 0. The monoisotopic (exact) mass is 413 g/mol. The molecule has 3 heterocycles. The number of aryl methyl sites for hydroxylation is 1. The van der Waals surface area contributed by atoms with Gasteiger partial charge in [-0.15, -0.1) is 0 Å². The fourth-order valence-electron chi connectivity index (χ4n) is 4.83. The third kappa shape index (κ3) is 3.67. The van der Waals surface area contributed by atoms with E-state index in [0.29, 0.717) is 34.4 Å². The van der Waals surface area contributed by atoms with Crippen molar-refractivity contribution in [3.63, 3.8) is 0 Å². The fraction of sp³-hybridized carbons (Fsp3) is 0.565. The molecule has 1 aromatic carbocycles. The van der Waals surface area contributed by atoms with Gasteiger partial charge in [-0.25, -0.2) is 0 Å². The Kier molecular flexibility index (Phi) is 5.99. The first kappa shape index (κ1) is 20.7. The van der Waals surface area contributed by atoms with Crippen LogP contribution in [-0.2, 0) is 6.54 Å². The number of methoxy groups -OCH3 is 2.